The molecule has 0 spiro atoms. The molecule has 0 radical (unpaired) electrons. The lowest BCUT2D eigenvalue weighted by atomic mass is 10.0. The van der Waals surface area contributed by atoms with Gasteiger partial charge in [-0.2, -0.15) is 0 Å². The molecule has 2 aromatic rings. The van der Waals surface area contributed by atoms with E-state index in [9.17, 15) is 0 Å². The molecule has 0 fully saturated rings. The number of halogens is 1. The summed E-state index contributed by atoms with van der Waals surface area (Å²) in [5, 5.41) is 0. The zero-order valence-corrected chi connectivity index (χ0v) is 13.1. The van der Waals surface area contributed by atoms with Gasteiger partial charge in [-0.25, -0.2) is 0 Å². The Kier molecular flexibility index (Phi) is 3.57. The van der Waals surface area contributed by atoms with E-state index in [-0.39, 0.29) is 6.04 Å². The van der Waals surface area contributed by atoms with Crippen molar-refractivity contribution in [2.24, 2.45) is 0 Å². The van der Waals surface area contributed by atoms with Crippen LogP contribution in [-0.4, -0.2) is 20.8 Å². The Morgan fingerprint density at radius 2 is 2.10 bits per heavy atom. The van der Waals surface area contributed by atoms with Gasteiger partial charge in [-0.05, 0) is 35.9 Å². The SMILES string of the molecule is COc1cccc(C2COc3ccc(Br)cc3N2C)c1. The molecule has 1 aliphatic heterocycles. The van der Waals surface area contributed by atoms with Crippen LogP contribution in [-0.2, 0) is 0 Å². The zero-order chi connectivity index (χ0) is 14.1. The van der Waals surface area contributed by atoms with Gasteiger partial charge in [0.1, 0.15) is 18.1 Å². The molecule has 2 aromatic carbocycles. The number of ether oxygens (including phenoxy) is 2. The number of rotatable bonds is 2. The summed E-state index contributed by atoms with van der Waals surface area (Å²) in [4.78, 5) is 2.25. The van der Waals surface area contributed by atoms with E-state index >= 15 is 0 Å². The number of likely N-dealkylation sites (N-methyl/N-ethyl adjacent to an activating group) is 1. The van der Waals surface area contributed by atoms with Gasteiger partial charge in [0.15, 0.2) is 0 Å². The smallest absolute Gasteiger partial charge is 0.142 e. The zero-order valence-electron chi connectivity index (χ0n) is 11.5. The van der Waals surface area contributed by atoms with Crippen LogP contribution in [0.15, 0.2) is 46.9 Å². The number of fused-ring (bicyclic) bond motifs is 1. The first-order chi connectivity index (χ1) is 9.69. The molecule has 0 aliphatic carbocycles. The second kappa shape index (κ2) is 5.37. The Balaban J connectivity index is 1.96. The highest BCUT2D eigenvalue weighted by molar-refractivity contribution is 9.10. The third-order valence-corrected chi connectivity index (χ3v) is 4.14. The van der Waals surface area contributed by atoms with Crippen molar-refractivity contribution in [2.45, 2.75) is 6.04 Å². The standard InChI is InChI=1S/C16H16BrNO2/c1-18-14-9-12(17)6-7-16(14)20-10-15(18)11-4-3-5-13(8-11)19-2/h3-9,15H,10H2,1-2H3. The van der Waals surface area contributed by atoms with E-state index in [1.54, 1.807) is 7.11 Å². The summed E-state index contributed by atoms with van der Waals surface area (Å²) in [7, 11) is 3.78. The Labute approximate surface area is 127 Å². The van der Waals surface area contributed by atoms with Crippen LogP contribution < -0.4 is 14.4 Å². The number of nitrogens with zero attached hydrogens (tertiary/aromatic N) is 1. The van der Waals surface area contributed by atoms with Gasteiger partial charge in [-0.3, -0.25) is 0 Å². The predicted molar refractivity (Wildman–Crippen MR) is 83.8 cm³/mol. The maximum Gasteiger partial charge on any atom is 0.142 e. The molecule has 0 N–H and O–H groups in total. The van der Waals surface area contributed by atoms with Gasteiger partial charge in [-0.15, -0.1) is 0 Å². The van der Waals surface area contributed by atoms with Gasteiger partial charge in [0, 0.05) is 11.5 Å². The third-order valence-electron chi connectivity index (χ3n) is 3.64. The summed E-state index contributed by atoms with van der Waals surface area (Å²) in [6.07, 6.45) is 0. The van der Waals surface area contributed by atoms with Crippen molar-refractivity contribution in [3.63, 3.8) is 0 Å². The van der Waals surface area contributed by atoms with Crippen molar-refractivity contribution in [1.29, 1.82) is 0 Å². The molecular formula is C16H16BrNO2. The molecule has 1 unspecified atom stereocenters. The molecule has 104 valence electrons. The average molecular weight is 334 g/mol. The number of hydrogen-bond donors (Lipinski definition) is 0. The largest absolute Gasteiger partial charge is 0.497 e. The summed E-state index contributed by atoms with van der Waals surface area (Å²) >= 11 is 3.51. The number of benzene rings is 2. The molecular weight excluding hydrogens is 318 g/mol. The summed E-state index contributed by atoms with van der Waals surface area (Å²) in [5.74, 6) is 1.80. The summed E-state index contributed by atoms with van der Waals surface area (Å²) < 4.78 is 12.2. The Morgan fingerprint density at radius 1 is 1.25 bits per heavy atom. The van der Waals surface area contributed by atoms with Crippen molar-refractivity contribution < 1.29 is 9.47 Å². The van der Waals surface area contributed by atoms with Crippen molar-refractivity contribution in [3.8, 4) is 11.5 Å². The minimum atomic E-state index is 0.187. The van der Waals surface area contributed by atoms with Gasteiger partial charge in [0.25, 0.3) is 0 Å². The van der Waals surface area contributed by atoms with Crippen LogP contribution in [0.2, 0.25) is 0 Å². The molecule has 0 saturated carbocycles. The van der Waals surface area contributed by atoms with Crippen molar-refractivity contribution in [1.82, 2.24) is 0 Å². The summed E-state index contributed by atoms with van der Waals surface area (Å²) in [6.45, 7) is 0.637. The molecule has 0 saturated heterocycles. The van der Waals surface area contributed by atoms with Gasteiger partial charge < -0.3 is 14.4 Å². The molecule has 3 nitrogen and oxygen atoms in total. The van der Waals surface area contributed by atoms with Crippen LogP contribution in [0.25, 0.3) is 0 Å². The van der Waals surface area contributed by atoms with Crippen LogP contribution in [0.1, 0.15) is 11.6 Å². The van der Waals surface area contributed by atoms with E-state index in [0.717, 1.165) is 21.7 Å². The second-order valence-electron chi connectivity index (χ2n) is 4.83. The highest BCUT2D eigenvalue weighted by atomic mass is 79.9. The first-order valence-electron chi connectivity index (χ1n) is 6.48. The van der Waals surface area contributed by atoms with E-state index < -0.39 is 0 Å². The van der Waals surface area contributed by atoms with Gasteiger partial charge in [0.2, 0.25) is 0 Å². The number of hydrogen-bond acceptors (Lipinski definition) is 3. The fraction of sp³-hybridized carbons (Fsp3) is 0.250. The van der Waals surface area contributed by atoms with Crippen LogP contribution in [0.4, 0.5) is 5.69 Å². The van der Waals surface area contributed by atoms with Gasteiger partial charge in [0.05, 0.1) is 18.8 Å². The highest BCUT2D eigenvalue weighted by Gasteiger charge is 2.26. The Morgan fingerprint density at radius 3 is 2.90 bits per heavy atom. The topological polar surface area (TPSA) is 21.7 Å². The molecule has 20 heavy (non-hydrogen) atoms. The monoisotopic (exact) mass is 333 g/mol. The van der Waals surface area contributed by atoms with Crippen molar-refractivity contribution in [2.75, 3.05) is 25.7 Å². The highest BCUT2D eigenvalue weighted by Crippen LogP contribution is 2.40. The lowest BCUT2D eigenvalue weighted by molar-refractivity contribution is 0.268. The van der Waals surface area contributed by atoms with E-state index in [4.69, 9.17) is 9.47 Å². The summed E-state index contributed by atoms with van der Waals surface area (Å²) in [6, 6.07) is 14.4. The van der Waals surface area contributed by atoms with Gasteiger partial charge >= 0.3 is 0 Å². The Hall–Kier alpha value is -1.68. The first-order valence-corrected chi connectivity index (χ1v) is 7.27. The predicted octanol–water partition coefficient (Wildman–Crippen LogP) is 4.03. The van der Waals surface area contributed by atoms with Crippen LogP contribution in [0.5, 0.6) is 11.5 Å². The Bertz CT molecular complexity index is 630. The molecule has 4 heteroatoms. The van der Waals surface area contributed by atoms with E-state index in [1.807, 2.05) is 24.3 Å². The van der Waals surface area contributed by atoms with Gasteiger partial charge in [-0.1, -0.05) is 28.1 Å². The van der Waals surface area contributed by atoms with E-state index in [0.29, 0.717) is 6.61 Å². The van der Waals surface area contributed by atoms with E-state index in [2.05, 4.69) is 46.1 Å². The molecule has 1 heterocycles. The van der Waals surface area contributed by atoms with Crippen LogP contribution in [0.3, 0.4) is 0 Å². The molecule has 1 atom stereocenters. The third kappa shape index (κ3) is 2.36. The number of anilines is 1. The molecule has 0 aromatic heterocycles. The minimum absolute atomic E-state index is 0.187. The number of methoxy groups -OCH3 is 1. The van der Waals surface area contributed by atoms with Crippen LogP contribution in [0, 0.1) is 0 Å². The first kappa shape index (κ1) is 13.3. The summed E-state index contributed by atoms with van der Waals surface area (Å²) in [5.41, 5.74) is 2.29. The average Bonchev–Trinajstić information content (AvgIpc) is 2.48. The van der Waals surface area contributed by atoms with Crippen molar-refractivity contribution in [3.05, 3.63) is 52.5 Å². The lowest BCUT2D eigenvalue weighted by Gasteiger charge is -2.36. The van der Waals surface area contributed by atoms with Crippen LogP contribution >= 0.6 is 15.9 Å². The molecule has 0 bridgehead atoms. The fourth-order valence-corrected chi connectivity index (χ4v) is 2.85. The maximum absolute atomic E-state index is 5.89. The molecule has 3 rings (SSSR count). The molecule has 1 aliphatic rings. The fourth-order valence-electron chi connectivity index (χ4n) is 2.51. The maximum atomic E-state index is 5.89. The normalized spacial score (nSPS) is 17.4. The minimum Gasteiger partial charge on any atom is -0.497 e. The van der Waals surface area contributed by atoms with E-state index in [1.165, 1.54) is 5.56 Å². The molecule has 0 amide bonds. The quantitative estimate of drug-likeness (QED) is 0.828. The second-order valence-corrected chi connectivity index (χ2v) is 5.74. The van der Waals surface area contributed by atoms with Crippen molar-refractivity contribution >= 4 is 21.6 Å². The lowest BCUT2D eigenvalue weighted by Crippen LogP contribution is -2.33.